The molecule has 0 saturated heterocycles. The Morgan fingerprint density at radius 1 is 1.07 bits per heavy atom. The van der Waals surface area contributed by atoms with Crippen molar-refractivity contribution in [1.82, 2.24) is 15.4 Å². The molecule has 2 heterocycles. The Morgan fingerprint density at radius 3 is 2.44 bits per heavy atom. The van der Waals surface area contributed by atoms with Crippen molar-refractivity contribution in [3.05, 3.63) is 65.9 Å². The molecule has 1 aliphatic rings. The van der Waals surface area contributed by atoms with Crippen LogP contribution in [-0.2, 0) is 17.8 Å². The first kappa shape index (κ1) is 17.5. The van der Waals surface area contributed by atoms with Crippen molar-refractivity contribution in [3.63, 3.8) is 0 Å². The van der Waals surface area contributed by atoms with Gasteiger partial charge in [-0.3, -0.25) is 9.69 Å². The molecule has 1 N–H and O–H groups in total. The number of benzene rings is 2. The summed E-state index contributed by atoms with van der Waals surface area (Å²) in [6, 6.07) is 18.5. The molecular weight excluding hydrogens is 338 g/mol. The SMILES string of the molecule is CNC(=O)C(C)N1CCc2onc(-c3ccc(-c4ccccc4)cc3)c2C1. The monoisotopic (exact) mass is 361 g/mol. The van der Waals surface area contributed by atoms with Gasteiger partial charge in [-0.2, -0.15) is 0 Å². The first-order valence-corrected chi connectivity index (χ1v) is 9.26. The molecule has 0 radical (unpaired) electrons. The summed E-state index contributed by atoms with van der Waals surface area (Å²) in [5, 5.41) is 7.06. The normalized spacial score (nSPS) is 15.2. The van der Waals surface area contributed by atoms with Crippen molar-refractivity contribution in [2.75, 3.05) is 13.6 Å². The minimum Gasteiger partial charge on any atom is -0.360 e. The van der Waals surface area contributed by atoms with Gasteiger partial charge in [0.05, 0.1) is 6.04 Å². The Morgan fingerprint density at radius 2 is 1.74 bits per heavy atom. The Labute approximate surface area is 159 Å². The molecule has 3 aromatic rings. The van der Waals surface area contributed by atoms with Crippen LogP contribution in [-0.4, -0.2) is 35.6 Å². The summed E-state index contributed by atoms with van der Waals surface area (Å²) in [4.78, 5) is 14.2. The van der Waals surface area contributed by atoms with E-state index in [1.807, 2.05) is 25.1 Å². The van der Waals surface area contributed by atoms with Gasteiger partial charge >= 0.3 is 0 Å². The molecule has 0 aliphatic carbocycles. The second kappa shape index (κ2) is 7.37. The lowest BCUT2D eigenvalue weighted by Gasteiger charge is -2.30. The second-order valence-electron chi connectivity index (χ2n) is 6.89. The molecule has 27 heavy (non-hydrogen) atoms. The highest BCUT2D eigenvalue weighted by Gasteiger charge is 2.29. The largest absolute Gasteiger partial charge is 0.360 e. The summed E-state index contributed by atoms with van der Waals surface area (Å²) < 4.78 is 5.59. The van der Waals surface area contributed by atoms with E-state index in [1.165, 1.54) is 11.1 Å². The fourth-order valence-corrected chi connectivity index (χ4v) is 3.61. The van der Waals surface area contributed by atoms with E-state index >= 15 is 0 Å². The van der Waals surface area contributed by atoms with Crippen LogP contribution in [0.25, 0.3) is 22.4 Å². The van der Waals surface area contributed by atoms with Crippen LogP contribution >= 0.6 is 0 Å². The van der Waals surface area contributed by atoms with Crippen molar-refractivity contribution in [1.29, 1.82) is 0 Å². The highest BCUT2D eigenvalue weighted by molar-refractivity contribution is 5.81. The van der Waals surface area contributed by atoms with Gasteiger partial charge in [0.1, 0.15) is 11.5 Å². The minimum absolute atomic E-state index is 0.0312. The van der Waals surface area contributed by atoms with Gasteiger partial charge in [0.15, 0.2) is 0 Å². The number of nitrogens with zero attached hydrogens (tertiary/aromatic N) is 2. The van der Waals surface area contributed by atoms with E-state index in [2.05, 4.69) is 51.8 Å². The highest BCUT2D eigenvalue weighted by Crippen LogP contribution is 2.32. The smallest absolute Gasteiger partial charge is 0.236 e. The van der Waals surface area contributed by atoms with E-state index in [0.717, 1.165) is 35.5 Å². The molecule has 1 atom stereocenters. The Hall–Kier alpha value is -2.92. The molecule has 1 unspecified atom stereocenters. The maximum absolute atomic E-state index is 12.0. The molecule has 0 bridgehead atoms. The van der Waals surface area contributed by atoms with Crippen molar-refractivity contribution in [2.45, 2.75) is 25.9 Å². The third-order valence-electron chi connectivity index (χ3n) is 5.30. The van der Waals surface area contributed by atoms with E-state index in [9.17, 15) is 4.79 Å². The maximum Gasteiger partial charge on any atom is 0.236 e. The number of nitrogens with one attached hydrogen (secondary N) is 1. The van der Waals surface area contributed by atoms with E-state index < -0.39 is 0 Å². The van der Waals surface area contributed by atoms with E-state index in [-0.39, 0.29) is 11.9 Å². The molecule has 2 aromatic carbocycles. The maximum atomic E-state index is 12.0. The standard InChI is InChI=1S/C22H23N3O2/c1-15(22(26)23-2)25-13-12-20-19(14-25)21(24-27-20)18-10-8-17(9-11-18)16-6-4-3-5-7-16/h3-11,15H,12-14H2,1-2H3,(H,23,26). The molecule has 0 saturated carbocycles. The first-order chi connectivity index (χ1) is 13.2. The molecule has 138 valence electrons. The lowest BCUT2D eigenvalue weighted by molar-refractivity contribution is -0.125. The van der Waals surface area contributed by atoms with Gasteiger partial charge in [-0.05, 0) is 18.1 Å². The van der Waals surface area contributed by atoms with Crippen LogP contribution in [0.3, 0.4) is 0 Å². The fraction of sp³-hybridized carbons (Fsp3) is 0.273. The molecule has 0 spiro atoms. The predicted molar refractivity (Wildman–Crippen MR) is 105 cm³/mol. The molecular formula is C22H23N3O2. The minimum atomic E-state index is -0.175. The Bertz CT molecular complexity index is 932. The fourth-order valence-electron chi connectivity index (χ4n) is 3.61. The Kier molecular flexibility index (Phi) is 4.77. The predicted octanol–water partition coefficient (Wildman–Crippen LogP) is 3.50. The number of aromatic nitrogens is 1. The van der Waals surface area contributed by atoms with Crippen molar-refractivity contribution < 1.29 is 9.32 Å². The van der Waals surface area contributed by atoms with Crippen LogP contribution in [0.4, 0.5) is 0 Å². The summed E-state index contributed by atoms with van der Waals surface area (Å²) in [6.45, 7) is 3.40. The summed E-state index contributed by atoms with van der Waals surface area (Å²) in [6.07, 6.45) is 0.770. The lowest BCUT2D eigenvalue weighted by Crippen LogP contribution is -2.45. The van der Waals surface area contributed by atoms with Crippen LogP contribution in [0, 0.1) is 0 Å². The van der Waals surface area contributed by atoms with Crippen LogP contribution in [0.1, 0.15) is 18.2 Å². The summed E-state index contributed by atoms with van der Waals surface area (Å²) >= 11 is 0. The number of carbonyl (C=O) groups is 1. The van der Waals surface area contributed by atoms with E-state index in [4.69, 9.17) is 4.52 Å². The van der Waals surface area contributed by atoms with Gasteiger partial charge in [-0.15, -0.1) is 0 Å². The van der Waals surface area contributed by atoms with Crippen LogP contribution < -0.4 is 5.32 Å². The highest BCUT2D eigenvalue weighted by atomic mass is 16.5. The zero-order valence-corrected chi connectivity index (χ0v) is 15.6. The average Bonchev–Trinajstić information content (AvgIpc) is 3.16. The number of amides is 1. The number of carbonyl (C=O) groups excluding carboxylic acids is 1. The molecule has 5 heteroatoms. The average molecular weight is 361 g/mol. The zero-order chi connectivity index (χ0) is 18.8. The quantitative estimate of drug-likeness (QED) is 0.773. The second-order valence-corrected chi connectivity index (χ2v) is 6.89. The number of hydrogen-bond donors (Lipinski definition) is 1. The van der Waals surface area contributed by atoms with Crippen molar-refractivity contribution in [2.24, 2.45) is 0 Å². The number of fused-ring (bicyclic) bond motifs is 1. The molecule has 1 aromatic heterocycles. The summed E-state index contributed by atoms with van der Waals surface area (Å²) in [7, 11) is 1.67. The molecule has 5 nitrogen and oxygen atoms in total. The third kappa shape index (κ3) is 3.38. The first-order valence-electron chi connectivity index (χ1n) is 9.26. The van der Waals surface area contributed by atoms with Crippen molar-refractivity contribution >= 4 is 5.91 Å². The third-order valence-corrected chi connectivity index (χ3v) is 5.30. The van der Waals surface area contributed by atoms with Gasteiger partial charge in [0.25, 0.3) is 0 Å². The summed E-state index contributed by atoms with van der Waals surface area (Å²) in [5.41, 5.74) is 5.36. The molecule has 1 aliphatic heterocycles. The van der Waals surface area contributed by atoms with E-state index in [0.29, 0.717) is 6.54 Å². The van der Waals surface area contributed by atoms with Crippen LogP contribution in [0.2, 0.25) is 0 Å². The molecule has 0 fully saturated rings. The number of likely N-dealkylation sites (N-methyl/N-ethyl adjacent to an activating group) is 1. The van der Waals surface area contributed by atoms with Gasteiger partial charge in [0, 0.05) is 37.7 Å². The number of hydrogen-bond acceptors (Lipinski definition) is 4. The van der Waals surface area contributed by atoms with E-state index in [1.54, 1.807) is 7.05 Å². The van der Waals surface area contributed by atoms with Gasteiger partial charge in [-0.25, -0.2) is 0 Å². The van der Waals surface area contributed by atoms with Crippen LogP contribution in [0.15, 0.2) is 59.1 Å². The van der Waals surface area contributed by atoms with Gasteiger partial charge in [0.2, 0.25) is 5.91 Å². The zero-order valence-electron chi connectivity index (χ0n) is 15.6. The number of rotatable bonds is 4. The van der Waals surface area contributed by atoms with Gasteiger partial charge < -0.3 is 9.84 Å². The van der Waals surface area contributed by atoms with Gasteiger partial charge in [-0.1, -0.05) is 59.8 Å². The lowest BCUT2D eigenvalue weighted by atomic mass is 9.98. The molecule has 4 rings (SSSR count). The molecule has 1 amide bonds. The van der Waals surface area contributed by atoms with Crippen molar-refractivity contribution in [3.8, 4) is 22.4 Å². The topological polar surface area (TPSA) is 58.4 Å². The Balaban J connectivity index is 1.60. The van der Waals surface area contributed by atoms with Crippen LogP contribution in [0.5, 0.6) is 0 Å². The summed E-state index contributed by atoms with van der Waals surface area (Å²) in [5.74, 6) is 0.959.